The first-order chi connectivity index (χ1) is 9.06. The molecule has 0 aliphatic heterocycles. The predicted molar refractivity (Wildman–Crippen MR) is 81.5 cm³/mol. The normalized spacial score (nSPS) is 10.3. The van der Waals surface area contributed by atoms with E-state index < -0.39 is 0 Å². The monoisotopic (exact) mass is 336 g/mol. The van der Waals surface area contributed by atoms with Gasteiger partial charge in [-0.2, -0.15) is 0 Å². The second kappa shape index (κ2) is 6.21. The van der Waals surface area contributed by atoms with Crippen LogP contribution in [0.15, 0.2) is 45.9 Å². The Balaban J connectivity index is 2.03. The Hall–Kier alpha value is -1.33. The average Bonchev–Trinajstić information content (AvgIpc) is 2.37. The molecule has 98 valence electrons. The Bertz CT molecular complexity index is 599. The number of hydrogen-bond donors (Lipinski definition) is 2. The highest BCUT2D eigenvalue weighted by Gasteiger charge is 2.09. The second-order valence-corrected chi connectivity index (χ2v) is 5.55. The molecule has 0 saturated heterocycles. The van der Waals surface area contributed by atoms with Gasteiger partial charge in [0.1, 0.15) is 0 Å². The van der Waals surface area contributed by atoms with Gasteiger partial charge in [0.25, 0.3) is 5.91 Å². The van der Waals surface area contributed by atoms with E-state index in [2.05, 4.69) is 38.9 Å². The van der Waals surface area contributed by atoms with Crippen molar-refractivity contribution in [1.82, 2.24) is 10.3 Å². The summed E-state index contributed by atoms with van der Waals surface area (Å²) in [6, 6.07) is 9.24. The lowest BCUT2D eigenvalue weighted by atomic mass is 10.2. The Kier molecular flexibility index (Phi) is 4.61. The molecule has 19 heavy (non-hydrogen) atoms. The van der Waals surface area contributed by atoms with Gasteiger partial charge in [-0.1, -0.05) is 22.0 Å². The van der Waals surface area contributed by atoms with Crippen molar-refractivity contribution in [1.29, 1.82) is 0 Å². The van der Waals surface area contributed by atoms with E-state index in [4.69, 9.17) is 0 Å². The summed E-state index contributed by atoms with van der Waals surface area (Å²) in [6.07, 6.45) is 1.76. The zero-order valence-corrected chi connectivity index (χ0v) is 12.8. The third-order valence-electron chi connectivity index (χ3n) is 2.63. The summed E-state index contributed by atoms with van der Waals surface area (Å²) in [4.78, 5) is 16.9. The minimum atomic E-state index is -0.141. The molecule has 0 saturated carbocycles. The second-order valence-electron chi connectivity index (χ2n) is 4.15. The number of thiol groups is 1. The molecule has 0 bridgehead atoms. The molecule has 1 amide bonds. The highest BCUT2D eigenvalue weighted by molar-refractivity contribution is 9.10. The zero-order chi connectivity index (χ0) is 13.8. The molecule has 0 spiro atoms. The molecule has 3 nitrogen and oxygen atoms in total. The highest BCUT2D eigenvalue weighted by atomic mass is 79.9. The summed E-state index contributed by atoms with van der Waals surface area (Å²) in [5.74, 6) is -0.141. The molecule has 0 radical (unpaired) electrons. The van der Waals surface area contributed by atoms with Gasteiger partial charge in [-0.05, 0) is 36.8 Å². The lowest BCUT2D eigenvalue weighted by molar-refractivity contribution is 0.0948. The van der Waals surface area contributed by atoms with Gasteiger partial charge in [-0.25, -0.2) is 0 Å². The molecule has 2 rings (SSSR count). The summed E-state index contributed by atoms with van der Waals surface area (Å²) in [5, 5.41) is 2.85. The minimum absolute atomic E-state index is 0.141. The predicted octanol–water partition coefficient (Wildman–Crippen LogP) is 3.37. The highest BCUT2D eigenvalue weighted by Crippen LogP contribution is 2.19. The molecule has 0 aliphatic rings. The van der Waals surface area contributed by atoms with E-state index in [-0.39, 0.29) is 5.91 Å². The van der Waals surface area contributed by atoms with Crippen molar-refractivity contribution in [3.63, 3.8) is 0 Å². The lowest BCUT2D eigenvalue weighted by Crippen LogP contribution is -2.23. The summed E-state index contributed by atoms with van der Waals surface area (Å²) < 4.78 is 0.900. The van der Waals surface area contributed by atoms with Crippen molar-refractivity contribution < 1.29 is 4.79 Å². The smallest absolute Gasteiger partial charge is 0.252 e. The van der Waals surface area contributed by atoms with E-state index in [1.54, 1.807) is 18.3 Å². The number of benzene rings is 1. The maximum atomic E-state index is 12.0. The fraction of sp³-hybridized carbons (Fsp3) is 0.143. The number of pyridine rings is 1. The number of nitrogens with one attached hydrogen (secondary N) is 1. The van der Waals surface area contributed by atoms with Crippen LogP contribution >= 0.6 is 28.6 Å². The van der Waals surface area contributed by atoms with Crippen molar-refractivity contribution in [2.75, 3.05) is 0 Å². The number of halogens is 1. The summed E-state index contributed by atoms with van der Waals surface area (Å²) in [6.45, 7) is 2.38. The number of hydrogen-bond acceptors (Lipinski definition) is 3. The van der Waals surface area contributed by atoms with Crippen molar-refractivity contribution in [3.8, 4) is 0 Å². The van der Waals surface area contributed by atoms with Crippen LogP contribution < -0.4 is 5.32 Å². The number of amides is 1. The van der Waals surface area contributed by atoms with E-state index in [1.807, 2.05) is 25.1 Å². The van der Waals surface area contributed by atoms with Crippen molar-refractivity contribution in [2.45, 2.75) is 18.4 Å². The first-order valence-corrected chi connectivity index (χ1v) is 6.98. The van der Waals surface area contributed by atoms with Crippen LogP contribution in [0.25, 0.3) is 0 Å². The summed E-state index contributed by atoms with van der Waals surface area (Å²) in [7, 11) is 0. The van der Waals surface area contributed by atoms with Crippen LogP contribution in [0.4, 0.5) is 0 Å². The van der Waals surface area contributed by atoms with Gasteiger partial charge in [-0.3, -0.25) is 9.78 Å². The Morgan fingerprint density at radius 2 is 2.16 bits per heavy atom. The number of aromatic nitrogens is 1. The molecular formula is C14H13BrN2OS. The third kappa shape index (κ3) is 3.81. The van der Waals surface area contributed by atoms with Crippen LogP contribution in [0.1, 0.15) is 21.6 Å². The first-order valence-electron chi connectivity index (χ1n) is 5.74. The molecule has 1 heterocycles. The largest absolute Gasteiger partial charge is 0.348 e. The van der Waals surface area contributed by atoms with Gasteiger partial charge in [-0.15, -0.1) is 12.6 Å². The number of aryl methyl sites for hydroxylation is 1. The quantitative estimate of drug-likeness (QED) is 0.844. The van der Waals surface area contributed by atoms with Gasteiger partial charge in [0.15, 0.2) is 0 Å². The minimum Gasteiger partial charge on any atom is -0.348 e. The Labute approximate surface area is 126 Å². The zero-order valence-electron chi connectivity index (χ0n) is 10.4. The number of carbonyl (C=O) groups is 1. The Morgan fingerprint density at radius 1 is 1.37 bits per heavy atom. The van der Waals surface area contributed by atoms with Gasteiger partial charge < -0.3 is 5.32 Å². The van der Waals surface area contributed by atoms with Crippen molar-refractivity contribution in [2.24, 2.45) is 0 Å². The third-order valence-corrected chi connectivity index (χ3v) is 3.49. The first kappa shape index (κ1) is 14.1. The van der Waals surface area contributed by atoms with Crippen molar-refractivity contribution in [3.05, 3.63) is 57.8 Å². The van der Waals surface area contributed by atoms with Crippen LogP contribution in [0.2, 0.25) is 0 Å². The molecule has 0 unspecified atom stereocenters. The van der Waals surface area contributed by atoms with Crippen LogP contribution in [-0.4, -0.2) is 10.9 Å². The van der Waals surface area contributed by atoms with Crippen LogP contribution in [0.5, 0.6) is 0 Å². The van der Waals surface area contributed by atoms with Crippen molar-refractivity contribution >= 4 is 34.5 Å². The molecule has 2 aromatic rings. The van der Waals surface area contributed by atoms with Crippen LogP contribution in [0.3, 0.4) is 0 Å². The van der Waals surface area contributed by atoms with E-state index in [0.29, 0.717) is 17.0 Å². The summed E-state index contributed by atoms with van der Waals surface area (Å²) >= 11 is 7.64. The molecule has 0 fully saturated rings. The van der Waals surface area contributed by atoms with Gasteiger partial charge in [0.05, 0.1) is 5.56 Å². The van der Waals surface area contributed by atoms with Crippen LogP contribution in [-0.2, 0) is 6.54 Å². The number of nitrogens with zero attached hydrogens (tertiary/aromatic N) is 1. The van der Waals surface area contributed by atoms with E-state index in [9.17, 15) is 4.79 Å². The lowest BCUT2D eigenvalue weighted by Gasteiger charge is -2.07. The van der Waals surface area contributed by atoms with Gasteiger partial charge in [0, 0.05) is 27.8 Å². The topological polar surface area (TPSA) is 42.0 Å². The van der Waals surface area contributed by atoms with E-state index in [0.717, 1.165) is 15.7 Å². The molecule has 1 aromatic carbocycles. The Morgan fingerprint density at radius 3 is 2.79 bits per heavy atom. The molecule has 1 aromatic heterocycles. The fourth-order valence-corrected chi connectivity index (χ4v) is 2.43. The molecule has 5 heteroatoms. The molecular weight excluding hydrogens is 324 g/mol. The average molecular weight is 337 g/mol. The van der Waals surface area contributed by atoms with E-state index >= 15 is 0 Å². The fourth-order valence-electron chi connectivity index (χ4n) is 1.58. The maximum Gasteiger partial charge on any atom is 0.252 e. The molecule has 0 aliphatic carbocycles. The van der Waals surface area contributed by atoms with E-state index in [1.165, 1.54) is 0 Å². The standard InChI is InChI=1S/C14H13BrN2OS/c1-9-2-3-10(7-16-9)8-17-14(18)12-5-4-11(15)6-13(12)19/h2-7,19H,8H2,1H3,(H,17,18). The number of carbonyl (C=O) groups excluding carboxylic acids is 1. The molecule has 1 N–H and O–H groups in total. The molecule has 0 atom stereocenters. The van der Waals surface area contributed by atoms with Crippen LogP contribution in [0, 0.1) is 6.92 Å². The SMILES string of the molecule is Cc1ccc(CNC(=O)c2ccc(Br)cc2S)cn1. The van der Waals surface area contributed by atoms with Gasteiger partial charge in [0.2, 0.25) is 0 Å². The van der Waals surface area contributed by atoms with Gasteiger partial charge >= 0.3 is 0 Å². The summed E-state index contributed by atoms with van der Waals surface area (Å²) in [5.41, 5.74) is 2.49. The maximum absolute atomic E-state index is 12.0. The number of rotatable bonds is 3.